The Bertz CT molecular complexity index is 221. The number of hydrogen-bond acceptors (Lipinski definition) is 4. The maximum Gasteiger partial charge on any atom is 0.401 e. The van der Waals surface area contributed by atoms with E-state index < -0.39 is 31.3 Å². The molecule has 0 bridgehead atoms. The van der Waals surface area contributed by atoms with Gasteiger partial charge in [0.15, 0.2) is 0 Å². The Morgan fingerprint density at radius 3 is 2.44 bits per heavy atom. The van der Waals surface area contributed by atoms with Crippen molar-refractivity contribution < 1.29 is 27.8 Å². The fourth-order valence-electron chi connectivity index (χ4n) is 1.18. The molecule has 0 saturated heterocycles. The minimum atomic E-state index is -4.41. The third-order valence-electron chi connectivity index (χ3n) is 1.95. The van der Waals surface area contributed by atoms with Gasteiger partial charge in [0.2, 0.25) is 0 Å². The molecule has 0 aliphatic rings. The van der Waals surface area contributed by atoms with E-state index in [-0.39, 0.29) is 13.2 Å². The van der Waals surface area contributed by atoms with Gasteiger partial charge < -0.3 is 9.84 Å². The van der Waals surface area contributed by atoms with E-state index in [0.717, 1.165) is 4.90 Å². The predicted molar refractivity (Wildman–Crippen MR) is 50.8 cm³/mol. The Morgan fingerprint density at radius 1 is 1.50 bits per heavy atom. The normalized spacial score (nSPS) is 13.9. The van der Waals surface area contributed by atoms with E-state index in [1.807, 2.05) is 0 Å². The van der Waals surface area contributed by atoms with E-state index in [4.69, 9.17) is 5.11 Å². The van der Waals surface area contributed by atoms with Gasteiger partial charge in [-0.2, -0.15) is 13.2 Å². The van der Waals surface area contributed by atoms with Crippen molar-refractivity contribution in [3.05, 3.63) is 0 Å². The molecule has 0 heterocycles. The van der Waals surface area contributed by atoms with Crippen molar-refractivity contribution in [3.8, 4) is 0 Å². The van der Waals surface area contributed by atoms with Crippen molar-refractivity contribution in [2.75, 3.05) is 26.3 Å². The van der Waals surface area contributed by atoms with Crippen LogP contribution in [0, 0.1) is 0 Å². The molecule has 0 aromatic carbocycles. The summed E-state index contributed by atoms with van der Waals surface area (Å²) in [6.45, 7) is 1.10. The van der Waals surface area contributed by atoms with Crippen LogP contribution in [-0.4, -0.2) is 54.5 Å². The van der Waals surface area contributed by atoms with Crippen molar-refractivity contribution in [1.82, 2.24) is 4.90 Å². The molecule has 0 aliphatic carbocycles. The summed E-state index contributed by atoms with van der Waals surface area (Å²) in [4.78, 5) is 12.1. The molecule has 7 heteroatoms. The van der Waals surface area contributed by atoms with Gasteiger partial charge in [-0.25, -0.2) is 0 Å². The standard InChI is InChI=1S/C9H16F3NO3/c1-3-16-8(15)7(2)13(4-5-14)6-9(10,11)12/h7,14H,3-6H2,1-2H3. The smallest absolute Gasteiger partial charge is 0.401 e. The third kappa shape index (κ3) is 5.92. The zero-order valence-corrected chi connectivity index (χ0v) is 9.25. The molecule has 16 heavy (non-hydrogen) atoms. The van der Waals surface area contributed by atoms with E-state index in [1.54, 1.807) is 6.92 Å². The molecule has 0 amide bonds. The summed E-state index contributed by atoms with van der Waals surface area (Å²) in [7, 11) is 0. The molecular weight excluding hydrogens is 227 g/mol. The summed E-state index contributed by atoms with van der Waals surface area (Å²) in [5, 5.41) is 8.63. The number of nitrogens with zero attached hydrogens (tertiary/aromatic N) is 1. The van der Waals surface area contributed by atoms with Gasteiger partial charge in [0, 0.05) is 6.54 Å². The van der Waals surface area contributed by atoms with Crippen molar-refractivity contribution in [2.24, 2.45) is 0 Å². The number of halogens is 3. The van der Waals surface area contributed by atoms with Crippen molar-refractivity contribution in [2.45, 2.75) is 26.1 Å². The summed E-state index contributed by atoms with van der Waals surface area (Å²) in [6.07, 6.45) is -4.41. The van der Waals surface area contributed by atoms with Crippen LogP contribution in [0.1, 0.15) is 13.8 Å². The lowest BCUT2D eigenvalue weighted by Crippen LogP contribution is -2.46. The monoisotopic (exact) mass is 243 g/mol. The molecule has 0 radical (unpaired) electrons. The van der Waals surface area contributed by atoms with Crippen LogP contribution in [0.15, 0.2) is 0 Å². The molecule has 0 aromatic rings. The number of carbonyl (C=O) groups is 1. The van der Waals surface area contributed by atoms with Crippen LogP contribution in [0.2, 0.25) is 0 Å². The number of aliphatic hydroxyl groups excluding tert-OH is 1. The second kappa shape index (κ2) is 6.70. The van der Waals surface area contributed by atoms with Crippen LogP contribution in [0.25, 0.3) is 0 Å². The minimum Gasteiger partial charge on any atom is -0.465 e. The molecule has 0 aliphatic heterocycles. The van der Waals surface area contributed by atoms with Gasteiger partial charge in [-0.05, 0) is 13.8 Å². The van der Waals surface area contributed by atoms with Crippen LogP contribution in [0.4, 0.5) is 13.2 Å². The average molecular weight is 243 g/mol. The van der Waals surface area contributed by atoms with Gasteiger partial charge in [-0.1, -0.05) is 0 Å². The van der Waals surface area contributed by atoms with Gasteiger partial charge in [-0.15, -0.1) is 0 Å². The molecule has 0 fully saturated rings. The number of rotatable bonds is 6. The Balaban J connectivity index is 4.45. The summed E-state index contributed by atoms with van der Waals surface area (Å²) in [6, 6.07) is -1.02. The second-order valence-corrected chi connectivity index (χ2v) is 3.24. The summed E-state index contributed by atoms with van der Waals surface area (Å²) >= 11 is 0. The number of esters is 1. The molecule has 1 unspecified atom stereocenters. The van der Waals surface area contributed by atoms with E-state index in [2.05, 4.69) is 4.74 Å². The Labute approximate surface area is 92.0 Å². The first-order valence-electron chi connectivity index (χ1n) is 4.90. The quantitative estimate of drug-likeness (QED) is 0.701. The fraction of sp³-hybridized carbons (Fsp3) is 0.889. The van der Waals surface area contributed by atoms with E-state index in [9.17, 15) is 18.0 Å². The van der Waals surface area contributed by atoms with Crippen molar-refractivity contribution in [1.29, 1.82) is 0 Å². The van der Waals surface area contributed by atoms with Gasteiger partial charge in [0.25, 0.3) is 0 Å². The van der Waals surface area contributed by atoms with E-state index in [0.29, 0.717) is 0 Å². The summed E-state index contributed by atoms with van der Waals surface area (Å²) in [5.41, 5.74) is 0. The first-order valence-corrected chi connectivity index (χ1v) is 4.90. The Kier molecular flexibility index (Phi) is 6.35. The topological polar surface area (TPSA) is 49.8 Å². The Morgan fingerprint density at radius 2 is 2.06 bits per heavy atom. The molecule has 0 spiro atoms. The van der Waals surface area contributed by atoms with Gasteiger partial charge in [-0.3, -0.25) is 9.69 Å². The lowest BCUT2D eigenvalue weighted by molar-refractivity contribution is -0.164. The molecular formula is C9H16F3NO3. The number of alkyl halides is 3. The molecule has 96 valence electrons. The maximum absolute atomic E-state index is 12.2. The van der Waals surface area contributed by atoms with Crippen LogP contribution in [-0.2, 0) is 9.53 Å². The number of hydrogen-bond donors (Lipinski definition) is 1. The molecule has 0 rings (SSSR count). The lowest BCUT2D eigenvalue weighted by Gasteiger charge is -2.27. The van der Waals surface area contributed by atoms with Crippen LogP contribution < -0.4 is 0 Å². The highest BCUT2D eigenvalue weighted by molar-refractivity contribution is 5.75. The number of aliphatic hydroxyl groups is 1. The zero-order chi connectivity index (χ0) is 12.8. The summed E-state index contributed by atoms with van der Waals surface area (Å²) < 4.78 is 41.1. The average Bonchev–Trinajstić information content (AvgIpc) is 2.14. The summed E-state index contributed by atoms with van der Waals surface area (Å²) in [5.74, 6) is -0.722. The minimum absolute atomic E-state index is 0.113. The first-order chi connectivity index (χ1) is 7.31. The number of carbonyl (C=O) groups excluding carboxylic acids is 1. The lowest BCUT2D eigenvalue weighted by atomic mass is 10.2. The van der Waals surface area contributed by atoms with E-state index >= 15 is 0 Å². The number of ether oxygens (including phenoxy) is 1. The maximum atomic E-state index is 12.2. The highest BCUT2D eigenvalue weighted by Crippen LogP contribution is 2.18. The van der Waals surface area contributed by atoms with Crippen molar-refractivity contribution in [3.63, 3.8) is 0 Å². The van der Waals surface area contributed by atoms with Gasteiger partial charge in [0.05, 0.1) is 19.8 Å². The zero-order valence-electron chi connectivity index (χ0n) is 9.25. The molecule has 0 aromatic heterocycles. The first kappa shape index (κ1) is 15.2. The highest BCUT2D eigenvalue weighted by atomic mass is 19.4. The third-order valence-corrected chi connectivity index (χ3v) is 1.95. The predicted octanol–water partition coefficient (Wildman–Crippen LogP) is 0.795. The van der Waals surface area contributed by atoms with Crippen LogP contribution in [0.5, 0.6) is 0 Å². The largest absolute Gasteiger partial charge is 0.465 e. The van der Waals surface area contributed by atoms with Crippen LogP contribution in [0.3, 0.4) is 0 Å². The SMILES string of the molecule is CCOC(=O)C(C)N(CCO)CC(F)(F)F. The molecule has 1 N–H and O–H groups in total. The second-order valence-electron chi connectivity index (χ2n) is 3.24. The van der Waals surface area contributed by atoms with Crippen molar-refractivity contribution >= 4 is 5.97 Å². The van der Waals surface area contributed by atoms with E-state index in [1.165, 1.54) is 6.92 Å². The fourth-order valence-corrected chi connectivity index (χ4v) is 1.18. The molecule has 0 saturated carbocycles. The van der Waals surface area contributed by atoms with Gasteiger partial charge >= 0.3 is 12.1 Å². The molecule has 4 nitrogen and oxygen atoms in total. The van der Waals surface area contributed by atoms with Gasteiger partial charge in [0.1, 0.15) is 6.04 Å². The van der Waals surface area contributed by atoms with Crippen LogP contribution >= 0.6 is 0 Å². The molecule has 1 atom stereocenters. The Hall–Kier alpha value is -0.820. The highest BCUT2D eigenvalue weighted by Gasteiger charge is 2.34.